The van der Waals surface area contributed by atoms with Gasteiger partial charge in [0.25, 0.3) is 0 Å². The van der Waals surface area contributed by atoms with Gasteiger partial charge < -0.3 is 9.88 Å². The van der Waals surface area contributed by atoms with Crippen molar-refractivity contribution >= 4 is 34.1 Å². The van der Waals surface area contributed by atoms with Crippen LogP contribution in [0, 0.1) is 0 Å². The van der Waals surface area contributed by atoms with Gasteiger partial charge in [-0.2, -0.15) is 0 Å². The topological polar surface area (TPSA) is 17.0 Å². The number of nitrogens with zero attached hydrogens (tertiary/aromatic N) is 1. The second kappa shape index (κ2) is 7.22. The number of para-hydroxylation sites is 1. The van der Waals surface area contributed by atoms with Gasteiger partial charge >= 0.3 is 0 Å². The first-order valence-electron chi connectivity index (χ1n) is 7.51. The summed E-state index contributed by atoms with van der Waals surface area (Å²) in [5.74, 6) is 0. The van der Waals surface area contributed by atoms with Gasteiger partial charge in [-0.1, -0.05) is 53.5 Å². The zero-order valence-corrected chi connectivity index (χ0v) is 14.2. The first kappa shape index (κ1) is 16.1. The number of halogens is 2. The lowest BCUT2D eigenvalue weighted by atomic mass is 10.2. The second-order valence-electron chi connectivity index (χ2n) is 5.45. The van der Waals surface area contributed by atoms with Crippen molar-refractivity contribution in [1.29, 1.82) is 0 Å². The van der Waals surface area contributed by atoms with E-state index in [1.54, 1.807) is 6.07 Å². The largest absolute Gasteiger partial charge is 0.343 e. The van der Waals surface area contributed by atoms with E-state index >= 15 is 0 Å². The summed E-state index contributed by atoms with van der Waals surface area (Å²) in [6.07, 6.45) is 4.05. The average molecular weight is 345 g/mol. The van der Waals surface area contributed by atoms with Crippen LogP contribution in [0.4, 0.5) is 0 Å². The Morgan fingerprint density at radius 1 is 1.09 bits per heavy atom. The molecule has 0 aliphatic heterocycles. The van der Waals surface area contributed by atoms with Crippen molar-refractivity contribution in [3.05, 3.63) is 82.5 Å². The number of fused-ring (bicyclic) bond motifs is 1. The Kier molecular flexibility index (Phi) is 5.06. The maximum Gasteiger partial charge on any atom is 0.0491 e. The molecule has 1 N–H and O–H groups in total. The van der Waals surface area contributed by atoms with E-state index in [4.69, 9.17) is 23.2 Å². The zero-order valence-electron chi connectivity index (χ0n) is 12.7. The first-order chi connectivity index (χ1) is 11.2. The third kappa shape index (κ3) is 3.61. The fraction of sp³-hybridized carbons (Fsp3) is 0.158. The van der Waals surface area contributed by atoms with Gasteiger partial charge in [0.05, 0.1) is 0 Å². The minimum Gasteiger partial charge on any atom is -0.343 e. The monoisotopic (exact) mass is 344 g/mol. The van der Waals surface area contributed by atoms with E-state index < -0.39 is 0 Å². The minimum atomic E-state index is 0.658. The van der Waals surface area contributed by atoms with Crippen LogP contribution in [0.2, 0.25) is 10.0 Å². The number of aromatic nitrogens is 1. The molecule has 0 bridgehead atoms. The highest BCUT2D eigenvalue weighted by Gasteiger charge is 2.09. The summed E-state index contributed by atoms with van der Waals surface area (Å²) >= 11 is 12.3. The van der Waals surface area contributed by atoms with Gasteiger partial charge in [-0.25, -0.2) is 0 Å². The molecule has 0 fully saturated rings. The van der Waals surface area contributed by atoms with Crippen molar-refractivity contribution in [3.63, 3.8) is 0 Å². The molecule has 0 saturated heterocycles. The predicted octanol–water partition coefficient (Wildman–Crippen LogP) is 5.27. The van der Waals surface area contributed by atoms with E-state index in [9.17, 15) is 0 Å². The summed E-state index contributed by atoms with van der Waals surface area (Å²) < 4.78 is 2.23. The Balaban J connectivity index is 1.95. The summed E-state index contributed by atoms with van der Waals surface area (Å²) in [7, 11) is 0. The van der Waals surface area contributed by atoms with E-state index in [2.05, 4.69) is 46.9 Å². The standard InChI is InChI=1S/C19H18Cl2N2/c1-2-9-22-11-15-13-23(19-6-4-3-5-17(15)19)12-14-7-8-16(20)10-18(14)21/h2-8,10,13,22H,1,9,11-12H2. The quantitative estimate of drug-likeness (QED) is 0.476. The normalized spacial score (nSPS) is 11.0. The molecule has 1 heterocycles. The van der Waals surface area contributed by atoms with Crippen LogP contribution in [0.3, 0.4) is 0 Å². The lowest BCUT2D eigenvalue weighted by Gasteiger charge is -2.08. The Morgan fingerprint density at radius 3 is 2.70 bits per heavy atom. The number of nitrogens with one attached hydrogen (secondary N) is 1. The molecule has 2 nitrogen and oxygen atoms in total. The second-order valence-corrected chi connectivity index (χ2v) is 6.30. The minimum absolute atomic E-state index is 0.658. The van der Waals surface area contributed by atoms with Crippen LogP contribution in [0.25, 0.3) is 10.9 Å². The van der Waals surface area contributed by atoms with Gasteiger partial charge in [-0.3, -0.25) is 0 Å². The van der Waals surface area contributed by atoms with Gasteiger partial charge in [-0.15, -0.1) is 6.58 Å². The molecule has 2 aromatic carbocycles. The molecule has 23 heavy (non-hydrogen) atoms. The number of benzene rings is 2. The molecule has 118 valence electrons. The Bertz CT molecular complexity index is 837. The molecule has 0 spiro atoms. The van der Waals surface area contributed by atoms with E-state index in [-0.39, 0.29) is 0 Å². The Labute approximate surface area is 146 Å². The molecule has 0 unspecified atom stereocenters. The summed E-state index contributed by atoms with van der Waals surface area (Å²) in [6.45, 7) is 6.07. The van der Waals surface area contributed by atoms with Crippen molar-refractivity contribution in [2.45, 2.75) is 13.1 Å². The lowest BCUT2D eigenvalue weighted by Crippen LogP contribution is -2.12. The maximum atomic E-state index is 6.32. The number of hydrogen-bond donors (Lipinski definition) is 1. The van der Waals surface area contributed by atoms with Gasteiger partial charge in [0.1, 0.15) is 0 Å². The van der Waals surface area contributed by atoms with Gasteiger partial charge in [0, 0.05) is 46.8 Å². The SMILES string of the molecule is C=CCNCc1cn(Cc2ccc(Cl)cc2Cl)c2ccccc12. The van der Waals surface area contributed by atoms with E-state index in [0.717, 1.165) is 25.2 Å². The molecular formula is C19H18Cl2N2. The van der Waals surface area contributed by atoms with Crippen molar-refractivity contribution in [2.24, 2.45) is 0 Å². The molecule has 4 heteroatoms. The lowest BCUT2D eigenvalue weighted by molar-refractivity contribution is 0.754. The zero-order chi connectivity index (χ0) is 16.2. The smallest absolute Gasteiger partial charge is 0.0491 e. The first-order valence-corrected chi connectivity index (χ1v) is 8.27. The van der Waals surface area contributed by atoms with Crippen LogP contribution < -0.4 is 5.32 Å². The Hall–Kier alpha value is -1.74. The van der Waals surface area contributed by atoms with Crippen LogP contribution in [-0.4, -0.2) is 11.1 Å². The molecule has 0 atom stereocenters. The van der Waals surface area contributed by atoms with E-state index in [0.29, 0.717) is 10.0 Å². The highest BCUT2D eigenvalue weighted by molar-refractivity contribution is 6.35. The van der Waals surface area contributed by atoms with Gasteiger partial charge in [0.2, 0.25) is 0 Å². The number of rotatable bonds is 6. The Morgan fingerprint density at radius 2 is 1.91 bits per heavy atom. The summed E-state index contributed by atoms with van der Waals surface area (Å²) in [4.78, 5) is 0. The summed E-state index contributed by atoms with van der Waals surface area (Å²) in [6, 6.07) is 14.1. The number of hydrogen-bond acceptors (Lipinski definition) is 1. The molecule has 0 saturated carbocycles. The molecule has 1 aromatic heterocycles. The third-order valence-corrected chi connectivity index (χ3v) is 4.42. The summed E-state index contributed by atoms with van der Waals surface area (Å²) in [5.41, 5.74) is 3.53. The van der Waals surface area contributed by atoms with Crippen molar-refractivity contribution < 1.29 is 0 Å². The van der Waals surface area contributed by atoms with Crippen LogP contribution >= 0.6 is 23.2 Å². The van der Waals surface area contributed by atoms with E-state index in [1.165, 1.54) is 16.5 Å². The van der Waals surface area contributed by atoms with Crippen molar-refractivity contribution in [1.82, 2.24) is 9.88 Å². The van der Waals surface area contributed by atoms with Crippen molar-refractivity contribution in [3.8, 4) is 0 Å². The van der Waals surface area contributed by atoms with Crippen LogP contribution in [0.15, 0.2) is 61.3 Å². The van der Waals surface area contributed by atoms with Gasteiger partial charge in [0.15, 0.2) is 0 Å². The molecule has 0 amide bonds. The van der Waals surface area contributed by atoms with E-state index in [1.807, 2.05) is 18.2 Å². The fourth-order valence-corrected chi connectivity index (χ4v) is 3.21. The van der Waals surface area contributed by atoms with Crippen LogP contribution in [0.1, 0.15) is 11.1 Å². The molecular weight excluding hydrogens is 327 g/mol. The predicted molar refractivity (Wildman–Crippen MR) is 99.4 cm³/mol. The highest BCUT2D eigenvalue weighted by Crippen LogP contribution is 2.26. The van der Waals surface area contributed by atoms with Crippen LogP contribution in [-0.2, 0) is 13.1 Å². The maximum absolute atomic E-state index is 6.32. The molecule has 3 rings (SSSR count). The molecule has 0 aliphatic rings. The van der Waals surface area contributed by atoms with Gasteiger partial charge in [-0.05, 0) is 29.3 Å². The molecule has 3 aromatic rings. The van der Waals surface area contributed by atoms with Crippen LogP contribution in [0.5, 0.6) is 0 Å². The fourth-order valence-electron chi connectivity index (χ4n) is 2.74. The summed E-state index contributed by atoms with van der Waals surface area (Å²) in [5, 5.41) is 5.98. The third-order valence-electron chi connectivity index (χ3n) is 3.83. The molecule has 0 radical (unpaired) electrons. The highest BCUT2D eigenvalue weighted by atomic mass is 35.5. The molecule has 0 aliphatic carbocycles. The van der Waals surface area contributed by atoms with Crippen molar-refractivity contribution in [2.75, 3.05) is 6.54 Å². The average Bonchev–Trinajstić information content (AvgIpc) is 2.89.